The normalized spacial score (nSPS) is 19.8. The minimum Gasteiger partial charge on any atom is -0.318 e. The summed E-state index contributed by atoms with van der Waals surface area (Å²) in [7, 11) is 3.96. The number of hydrogen-bond donors (Lipinski definition) is 1. The SMILES string of the molecule is CNCC1CCCN1Cc1ncnn1C.Cl.Cl. The molecule has 100 valence electrons. The Labute approximate surface area is 115 Å². The summed E-state index contributed by atoms with van der Waals surface area (Å²) in [6, 6.07) is 0.659. The molecule has 0 radical (unpaired) electrons. The van der Waals surface area contributed by atoms with E-state index in [-0.39, 0.29) is 24.8 Å². The Balaban J connectivity index is 0.00000128. The van der Waals surface area contributed by atoms with Gasteiger partial charge < -0.3 is 5.32 Å². The summed E-state index contributed by atoms with van der Waals surface area (Å²) in [4.78, 5) is 6.75. The van der Waals surface area contributed by atoms with Gasteiger partial charge in [0.25, 0.3) is 0 Å². The Hall–Kier alpha value is -0.360. The molecule has 1 aromatic rings. The summed E-state index contributed by atoms with van der Waals surface area (Å²) in [5.41, 5.74) is 0. The van der Waals surface area contributed by atoms with E-state index in [1.807, 2.05) is 18.8 Å². The molecular weight excluding hydrogens is 261 g/mol. The molecule has 0 amide bonds. The molecule has 1 N–H and O–H groups in total. The molecule has 1 aliphatic heterocycles. The number of nitrogens with one attached hydrogen (secondary N) is 1. The van der Waals surface area contributed by atoms with Gasteiger partial charge in [-0.2, -0.15) is 5.10 Å². The average Bonchev–Trinajstić information content (AvgIpc) is 2.80. The van der Waals surface area contributed by atoms with Gasteiger partial charge in [-0.3, -0.25) is 9.58 Å². The number of rotatable bonds is 4. The molecule has 5 nitrogen and oxygen atoms in total. The average molecular weight is 282 g/mol. The second-order valence-electron chi connectivity index (χ2n) is 4.12. The maximum Gasteiger partial charge on any atom is 0.140 e. The minimum atomic E-state index is 0. The first-order valence-electron chi connectivity index (χ1n) is 5.53. The van der Waals surface area contributed by atoms with Crippen molar-refractivity contribution < 1.29 is 0 Å². The van der Waals surface area contributed by atoms with E-state index in [4.69, 9.17) is 0 Å². The molecule has 1 atom stereocenters. The van der Waals surface area contributed by atoms with Crippen molar-refractivity contribution in [2.45, 2.75) is 25.4 Å². The van der Waals surface area contributed by atoms with E-state index < -0.39 is 0 Å². The largest absolute Gasteiger partial charge is 0.318 e. The summed E-state index contributed by atoms with van der Waals surface area (Å²) in [6.45, 7) is 3.17. The van der Waals surface area contributed by atoms with Gasteiger partial charge in [0.2, 0.25) is 0 Å². The van der Waals surface area contributed by atoms with E-state index in [2.05, 4.69) is 20.3 Å². The molecule has 0 spiro atoms. The predicted molar refractivity (Wildman–Crippen MR) is 72.9 cm³/mol. The van der Waals surface area contributed by atoms with Gasteiger partial charge in [0.05, 0.1) is 6.54 Å². The molecule has 0 saturated carbocycles. The predicted octanol–water partition coefficient (Wildman–Crippen LogP) is 0.842. The molecule has 1 unspecified atom stereocenters. The first kappa shape index (κ1) is 16.6. The highest BCUT2D eigenvalue weighted by molar-refractivity contribution is 5.85. The zero-order chi connectivity index (χ0) is 10.7. The van der Waals surface area contributed by atoms with Crippen molar-refractivity contribution in [3.05, 3.63) is 12.2 Å². The van der Waals surface area contributed by atoms with Crippen LogP contribution in [0.2, 0.25) is 0 Å². The molecule has 0 aliphatic carbocycles. The Morgan fingerprint density at radius 1 is 1.47 bits per heavy atom. The molecule has 2 heterocycles. The van der Waals surface area contributed by atoms with Gasteiger partial charge in [0.15, 0.2) is 0 Å². The summed E-state index contributed by atoms with van der Waals surface area (Å²) >= 11 is 0. The summed E-state index contributed by atoms with van der Waals surface area (Å²) in [5.74, 6) is 1.05. The van der Waals surface area contributed by atoms with E-state index in [1.54, 1.807) is 6.33 Å². The van der Waals surface area contributed by atoms with E-state index in [0.29, 0.717) is 6.04 Å². The molecule has 2 rings (SSSR count). The fourth-order valence-electron chi connectivity index (χ4n) is 2.22. The third-order valence-corrected chi connectivity index (χ3v) is 3.09. The summed E-state index contributed by atoms with van der Waals surface area (Å²) in [6.07, 6.45) is 4.21. The zero-order valence-electron chi connectivity index (χ0n) is 10.3. The molecule has 1 aromatic heterocycles. The van der Waals surface area contributed by atoms with Crippen LogP contribution in [0.15, 0.2) is 6.33 Å². The summed E-state index contributed by atoms with van der Waals surface area (Å²) < 4.78 is 1.86. The highest BCUT2D eigenvalue weighted by Crippen LogP contribution is 2.18. The van der Waals surface area contributed by atoms with Crippen molar-refractivity contribution in [2.75, 3.05) is 20.1 Å². The van der Waals surface area contributed by atoms with Crippen LogP contribution in [0.25, 0.3) is 0 Å². The Morgan fingerprint density at radius 2 is 2.24 bits per heavy atom. The topological polar surface area (TPSA) is 46.0 Å². The first-order chi connectivity index (χ1) is 7.31. The molecular formula is C10H21Cl2N5. The van der Waals surface area contributed by atoms with Crippen molar-refractivity contribution in [3.63, 3.8) is 0 Å². The standard InChI is InChI=1S/C10H19N5.2ClH/c1-11-6-9-4-3-5-15(9)7-10-12-8-13-14(10)2;;/h8-9,11H,3-7H2,1-2H3;2*1H. The first-order valence-corrected chi connectivity index (χ1v) is 5.53. The Kier molecular flexibility index (Phi) is 7.70. The Morgan fingerprint density at radius 3 is 2.82 bits per heavy atom. The molecule has 1 aliphatic rings. The highest BCUT2D eigenvalue weighted by Gasteiger charge is 2.24. The van der Waals surface area contributed by atoms with Gasteiger partial charge in [0, 0.05) is 19.6 Å². The van der Waals surface area contributed by atoms with Gasteiger partial charge >= 0.3 is 0 Å². The lowest BCUT2D eigenvalue weighted by molar-refractivity contribution is 0.233. The van der Waals surface area contributed by atoms with E-state index >= 15 is 0 Å². The van der Waals surface area contributed by atoms with E-state index in [0.717, 1.165) is 18.9 Å². The lowest BCUT2D eigenvalue weighted by Gasteiger charge is -2.23. The van der Waals surface area contributed by atoms with Crippen LogP contribution in [0.1, 0.15) is 18.7 Å². The number of likely N-dealkylation sites (N-methyl/N-ethyl adjacent to an activating group) is 1. The molecule has 1 saturated heterocycles. The monoisotopic (exact) mass is 281 g/mol. The maximum absolute atomic E-state index is 4.26. The van der Waals surface area contributed by atoms with Crippen LogP contribution in [0.3, 0.4) is 0 Å². The number of aromatic nitrogens is 3. The Bertz CT molecular complexity index is 317. The van der Waals surface area contributed by atoms with Crippen LogP contribution in [-0.4, -0.2) is 45.8 Å². The van der Waals surface area contributed by atoms with Crippen molar-refractivity contribution in [1.29, 1.82) is 0 Å². The van der Waals surface area contributed by atoms with Crippen molar-refractivity contribution in [3.8, 4) is 0 Å². The number of hydrogen-bond acceptors (Lipinski definition) is 4. The van der Waals surface area contributed by atoms with Gasteiger partial charge in [-0.05, 0) is 26.4 Å². The summed E-state index contributed by atoms with van der Waals surface area (Å²) in [5, 5.41) is 7.34. The van der Waals surface area contributed by atoms with Crippen LogP contribution in [0.4, 0.5) is 0 Å². The van der Waals surface area contributed by atoms with Crippen molar-refractivity contribution in [1.82, 2.24) is 25.0 Å². The van der Waals surface area contributed by atoms with E-state index in [1.165, 1.54) is 19.4 Å². The molecule has 17 heavy (non-hydrogen) atoms. The third kappa shape index (κ3) is 4.10. The van der Waals surface area contributed by atoms with Gasteiger partial charge in [-0.15, -0.1) is 24.8 Å². The lowest BCUT2D eigenvalue weighted by Crippen LogP contribution is -2.36. The third-order valence-electron chi connectivity index (χ3n) is 3.09. The molecule has 0 bridgehead atoms. The van der Waals surface area contributed by atoms with Gasteiger partial charge in [0.1, 0.15) is 12.2 Å². The minimum absolute atomic E-state index is 0. The van der Waals surface area contributed by atoms with Crippen LogP contribution in [0, 0.1) is 0 Å². The molecule has 7 heteroatoms. The van der Waals surface area contributed by atoms with Crippen LogP contribution in [-0.2, 0) is 13.6 Å². The van der Waals surface area contributed by atoms with Gasteiger partial charge in [-0.25, -0.2) is 4.98 Å². The second kappa shape index (κ2) is 7.87. The number of aryl methyl sites for hydroxylation is 1. The second-order valence-corrected chi connectivity index (χ2v) is 4.12. The quantitative estimate of drug-likeness (QED) is 0.889. The number of likely N-dealkylation sites (tertiary alicyclic amines) is 1. The van der Waals surface area contributed by atoms with E-state index in [9.17, 15) is 0 Å². The number of nitrogens with zero attached hydrogens (tertiary/aromatic N) is 4. The van der Waals surface area contributed by atoms with Crippen LogP contribution >= 0.6 is 24.8 Å². The molecule has 1 fully saturated rings. The highest BCUT2D eigenvalue weighted by atomic mass is 35.5. The smallest absolute Gasteiger partial charge is 0.140 e. The molecule has 0 aromatic carbocycles. The fourth-order valence-corrected chi connectivity index (χ4v) is 2.22. The maximum atomic E-state index is 4.26. The lowest BCUT2D eigenvalue weighted by atomic mass is 10.2. The van der Waals surface area contributed by atoms with Crippen molar-refractivity contribution >= 4 is 24.8 Å². The fraction of sp³-hybridized carbons (Fsp3) is 0.800. The zero-order valence-corrected chi connectivity index (χ0v) is 11.9. The number of halogens is 2. The van der Waals surface area contributed by atoms with Crippen LogP contribution < -0.4 is 5.32 Å². The van der Waals surface area contributed by atoms with Crippen molar-refractivity contribution in [2.24, 2.45) is 7.05 Å². The van der Waals surface area contributed by atoms with Crippen LogP contribution in [0.5, 0.6) is 0 Å². The van der Waals surface area contributed by atoms with Gasteiger partial charge in [-0.1, -0.05) is 0 Å².